The molecule has 3 unspecified atom stereocenters. The van der Waals surface area contributed by atoms with Crippen LogP contribution in [0.3, 0.4) is 0 Å². The molecule has 0 spiro atoms. The molecule has 2 aromatic heterocycles. The van der Waals surface area contributed by atoms with Gasteiger partial charge in [0.2, 0.25) is 5.91 Å². The number of carbonyl (C=O) groups excluding carboxylic acids is 1. The number of pyridine rings is 1. The average molecular weight is 697 g/mol. The lowest BCUT2D eigenvalue weighted by Crippen LogP contribution is -2.58. The molecule has 2 bridgehead atoms. The van der Waals surface area contributed by atoms with Crippen molar-refractivity contribution in [3.63, 3.8) is 0 Å². The Kier molecular flexibility index (Phi) is 9.53. The highest BCUT2D eigenvalue weighted by Gasteiger charge is 2.38. The third-order valence-electron chi connectivity index (χ3n) is 9.26. The van der Waals surface area contributed by atoms with E-state index in [-0.39, 0.29) is 76.9 Å². The lowest BCUT2D eigenvalue weighted by Gasteiger charge is -2.44. The second kappa shape index (κ2) is 13.5. The highest BCUT2D eigenvalue weighted by molar-refractivity contribution is 6.31. The first-order valence-electron chi connectivity index (χ1n) is 16.3. The van der Waals surface area contributed by atoms with Crippen molar-refractivity contribution >= 4 is 40.1 Å². The zero-order valence-electron chi connectivity index (χ0n) is 27.9. The van der Waals surface area contributed by atoms with Gasteiger partial charge in [0.05, 0.1) is 27.7 Å². The Hall–Kier alpha value is -4.33. The molecule has 3 aliphatic rings. The quantitative estimate of drug-likeness (QED) is 0.371. The van der Waals surface area contributed by atoms with E-state index < -0.39 is 41.3 Å². The van der Waals surface area contributed by atoms with Crippen molar-refractivity contribution in [3.05, 3.63) is 75.8 Å². The van der Waals surface area contributed by atoms with Crippen LogP contribution in [0.2, 0.25) is 5.02 Å². The van der Waals surface area contributed by atoms with Crippen molar-refractivity contribution < 1.29 is 28.2 Å². The van der Waals surface area contributed by atoms with Crippen LogP contribution in [0, 0.1) is 17.6 Å². The lowest BCUT2D eigenvalue weighted by molar-refractivity contribution is -0.128. The van der Waals surface area contributed by atoms with Crippen LogP contribution >= 0.6 is 11.6 Å². The second-order valence-electron chi connectivity index (χ2n) is 12.8. The van der Waals surface area contributed by atoms with Crippen LogP contribution in [0.25, 0.3) is 28.0 Å². The number of hydrogen-bond acceptors (Lipinski definition) is 9. The van der Waals surface area contributed by atoms with E-state index >= 15 is 8.78 Å². The van der Waals surface area contributed by atoms with Gasteiger partial charge in [-0.2, -0.15) is 4.98 Å². The van der Waals surface area contributed by atoms with Gasteiger partial charge in [-0.05, 0) is 63.2 Å². The van der Waals surface area contributed by atoms with Crippen molar-refractivity contribution in [3.8, 4) is 17.0 Å². The Bertz CT molecular complexity index is 1950. The Morgan fingerprint density at radius 1 is 1.24 bits per heavy atom. The SMILES string of the molecule is C=CC(=O)N1C[C@H](C)N(c2nc(=O)n3c4nc(c(F)cc24)-c2c(ccc(Cl)c2F)OCC(O)C(OCC)C2=C3C(C(C)C)NC=C2)C[C@H]1C. The number of halogens is 3. The zero-order valence-corrected chi connectivity index (χ0v) is 28.7. The molecule has 1 saturated heterocycles. The zero-order chi connectivity index (χ0) is 35.3. The number of piperazine rings is 1. The van der Waals surface area contributed by atoms with Gasteiger partial charge in [-0.15, -0.1) is 0 Å². The molecule has 3 aliphatic heterocycles. The van der Waals surface area contributed by atoms with Crippen molar-refractivity contribution in [1.82, 2.24) is 24.8 Å². The number of aliphatic hydroxyl groups excluding tert-OH is 1. The van der Waals surface area contributed by atoms with E-state index in [1.165, 1.54) is 28.8 Å². The maximum absolute atomic E-state index is 16.5. The Morgan fingerprint density at radius 2 is 2.00 bits per heavy atom. The van der Waals surface area contributed by atoms with Crippen LogP contribution in [0.4, 0.5) is 14.6 Å². The number of carbonyl (C=O) groups is 1. The summed E-state index contributed by atoms with van der Waals surface area (Å²) in [6.07, 6.45) is 2.41. The van der Waals surface area contributed by atoms with Crippen molar-refractivity contribution in [2.75, 3.05) is 31.2 Å². The first-order valence-corrected chi connectivity index (χ1v) is 16.7. The molecule has 14 heteroatoms. The van der Waals surface area contributed by atoms with E-state index in [9.17, 15) is 14.7 Å². The van der Waals surface area contributed by atoms with Crippen LogP contribution in [-0.2, 0) is 9.53 Å². The van der Waals surface area contributed by atoms with Gasteiger partial charge in [0.15, 0.2) is 17.3 Å². The number of dihydropyridines is 1. The number of aromatic nitrogens is 3. The molecular formula is C35H39ClF2N6O5. The topological polar surface area (TPSA) is 122 Å². The van der Waals surface area contributed by atoms with Crippen LogP contribution in [0.15, 0.2) is 53.5 Å². The molecule has 1 amide bonds. The fourth-order valence-corrected chi connectivity index (χ4v) is 7.05. The largest absolute Gasteiger partial charge is 0.490 e. The Labute approximate surface area is 287 Å². The molecule has 2 N–H and O–H groups in total. The Morgan fingerprint density at radius 3 is 2.69 bits per heavy atom. The van der Waals surface area contributed by atoms with Gasteiger partial charge in [0, 0.05) is 37.4 Å². The van der Waals surface area contributed by atoms with Gasteiger partial charge >= 0.3 is 5.69 Å². The highest BCUT2D eigenvalue weighted by atomic mass is 35.5. The van der Waals surface area contributed by atoms with Gasteiger partial charge < -0.3 is 29.7 Å². The monoisotopic (exact) mass is 696 g/mol. The summed E-state index contributed by atoms with van der Waals surface area (Å²) in [5.41, 5.74) is -0.653. The highest BCUT2D eigenvalue weighted by Crippen LogP contribution is 2.41. The minimum Gasteiger partial charge on any atom is -0.490 e. The van der Waals surface area contributed by atoms with Crippen molar-refractivity contribution in [2.24, 2.45) is 5.92 Å². The molecule has 0 aliphatic carbocycles. The number of nitrogens with one attached hydrogen (secondary N) is 1. The van der Waals surface area contributed by atoms with E-state index in [2.05, 4.69) is 16.9 Å². The normalized spacial score (nSPS) is 23.8. The summed E-state index contributed by atoms with van der Waals surface area (Å²) in [6, 6.07) is 2.71. The fourth-order valence-electron chi connectivity index (χ4n) is 6.89. The number of ether oxygens (including phenoxy) is 2. The molecule has 11 nitrogen and oxygen atoms in total. The van der Waals surface area contributed by atoms with Crippen LogP contribution in [-0.4, -0.2) is 87.1 Å². The summed E-state index contributed by atoms with van der Waals surface area (Å²) in [4.78, 5) is 39.9. The third kappa shape index (κ3) is 5.97. The molecule has 5 atom stereocenters. The minimum absolute atomic E-state index is 0.00161. The lowest BCUT2D eigenvalue weighted by atomic mass is 9.90. The van der Waals surface area contributed by atoms with E-state index in [1.807, 2.05) is 32.6 Å². The van der Waals surface area contributed by atoms with E-state index in [0.29, 0.717) is 17.8 Å². The standard InChI is InChI=1S/C35H39ClF2N6O5/c1-7-26(46)42-14-19(6)43(15-18(42)5)33-21-13-23(37)30-27-25(10-9-22(36)28(27)38)49-16-24(45)32(48-8-2)20-11-12-39-29(17(3)4)31(20)44(34(21)40-30)35(47)41-33/h7,9-13,17-19,24,29,32,39,45H,1,8,14-16H2,2-6H3/t18-,19+,24?,29?,32?/m1/s1. The summed E-state index contributed by atoms with van der Waals surface area (Å²) in [5.74, 6) is -2.16. The minimum atomic E-state index is -1.29. The van der Waals surface area contributed by atoms with Gasteiger partial charge in [0.25, 0.3) is 0 Å². The van der Waals surface area contributed by atoms with E-state index in [0.717, 1.165) is 0 Å². The van der Waals surface area contributed by atoms with Crippen LogP contribution in [0.5, 0.6) is 5.75 Å². The summed E-state index contributed by atoms with van der Waals surface area (Å²) in [6.45, 7) is 13.5. The molecule has 3 aromatic rings. The molecule has 6 rings (SSSR count). The summed E-state index contributed by atoms with van der Waals surface area (Å²) >= 11 is 6.19. The number of benzene rings is 1. The smallest absolute Gasteiger partial charge is 0.355 e. The Balaban J connectivity index is 1.73. The number of aliphatic hydroxyl groups is 1. The van der Waals surface area contributed by atoms with E-state index in [4.69, 9.17) is 26.1 Å². The molecule has 1 fully saturated rings. The number of rotatable bonds is 5. The van der Waals surface area contributed by atoms with Gasteiger partial charge in [-0.25, -0.2) is 23.1 Å². The number of hydrogen-bond donors (Lipinski definition) is 2. The maximum Gasteiger partial charge on any atom is 0.355 e. The predicted octanol–water partition coefficient (Wildman–Crippen LogP) is 4.51. The van der Waals surface area contributed by atoms with Crippen LogP contribution < -0.4 is 20.6 Å². The first kappa shape index (κ1) is 34.5. The van der Waals surface area contributed by atoms with Gasteiger partial charge in [-0.1, -0.05) is 32.0 Å². The summed E-state index contributed by atoms with van der Waals surface area (Å²) in [5, 5.41) is 14.7. The molecule has 49 heavy (non-hydrogen) atoms. The predicted molar refractivity (Wildman–Crippen MR) is 183 cm³/mol. The summed E-state index contributed by atoms with van der Waals surface area (Å²) in [7, 11) is 0. The second-order valence-corrected chi connectivity index (χ2v) is 13.2. The number of fused-ring (bicyclic) bond motifs is 4. The fraction of sp³-hybridized carbons (Fsp3) is 0.429. The summed E-state index contributed by atoms with van der Waals surface area (Å²) < 4.78 is 45.7. The van der Waals surface area contributed by atoms with E-state index in [1.54, 1.807) is 24.1 Å². The van der Waals surface area contributed by atoms with Crippen LogP contribution in [0.1, 0.15) is 34.6 Å². The number of amides is 1. The van der Waals surface area contributed by atoms with Crippen molar-refractivity contribution in [1.29, 1.82) is 0 Å². The first-order chi connectivity index (χ1) is 23.4. The van der Waals surface area contributed by atoms with Gasteiger partial charge in [0.1, 0.15) is 36.1 Å². The maximum atomic E-state index is 16.5. The molecule has 0 radical (unpaired) electrons. The molecule has 0 saturated carbocycles. The molecule has 260 valence electrons. The number of anilines is 1. The van der Waals surface area contributed by atoms with Crippen molar-refractivity contribution in [2.45, 2.75) is 65.0 Å². The third-order valence-corrected chi connectivity index (χ3v) is 9.55. The average Bonchev–Trinajstić information content (AvgIpc) is 3.07. The molecule has 5 heterocycles. The van der Waals surface area contributed by atoms with Gasteiger partial charge in [-0.3, -0.25) is 4.79 Å². The molecular weight excluding hydrogens is 658 g/mol. The number of nitrogens with zero attached hydrogens (tertiary/aromatic N) is 5. The molecule has 1 aromatic carbocycles.